The number of carbonyl (C=O) groups excluding carboxylic acids is 2. The largest absolute Gasteiger partial charge is 0.386 e. The topological polar surface area (TPSA) is 88.1 Å². The van der Waals surface area contributed by atoms with E-state index in [0.717, 1.165) is 25.7 Å². The first-order valence-electron chi connectivity index (χ1n) is 9.31. The van der Waals surface area contributed by atoms with Crippen LogP contribution in [0.4, 0.5) is 0 Å². The highest BCUT2D eigenvalue weighted by molar-refractivity contribution is 5.79. The van der Waals surface area contributed by atoms with Gasteiger partial charge in [0.1, 0.15) is 5.60 Å². The highest BCUT2D eigenvalue weighted by atomic mass is 16.5. The molecule has 3 fully saturated rings. The summed E-state index contributed by atoms with van der Waals surface area (Å²) in [6.07, 6.45) is 3.69. The number of carbonyl (C=O) groups is 2. The van der Waals surface area contributed by atoms with Crippen molar-refractivity contribution >= 4 is 11.8 Å². The van der Waals surface area contributed by atoms with Gasteiger partial charge in [-0.05, 0) is 39.0 Å². The van der Waals surface area contributed by atoms with Crippen molar-refractivity contribution in [2.45, 2.75) is 63.2 Å². The van der Waals surface area contributed by atoms with E-state index in [1.165, 1.54) is 6.92 Å². The predicted molar refractivity (Wildman–Crippen MR) is 90.9 cm³/mol. The van der Waals surface area contributed by atoms with Gasteiger partial charge < -0.3 is 24.8 Å². The number of ether oxygens (including phenoxy) is 2. The number of aliphatic hydroxyl groups is 1. The fourth-order valence-corrected chi connectivity index (χ4v) is 4.19. The summed E-state index contributed by atoms with van der Waals surface area (Å²) < 4.78 is 11.4. The number of likely N-dealkylation sites (tertiary alicyclic amines) is 1. The Morgan fingerprint density at radius 2 is 1.84 bits per heavy atom. The molecule has 0 aliphatic carbocycles. The highest BCUT2D eigenvalue weighted by Crippen LogP contribution is 2.38. The fourth-order valence-electron chi connectivity index (χ4n) is 4.19. The lowest BCUT2D eigenvalue weighted by Gasteiger charge is -2.51. The van der Waals surface area contributed by atoms with Gasteiger partial charge in [-0.25, -0.2) is 0 Å². The summed E-state index contributed by atoms with van der Waals surface area (Å²) >= 11 is 0. The molecule has 0 saturated carbocycles. The van der Waals surface area contributed by atoms with Gasteiger partial charge in [-0.15, -0.1) is 0 Å². The third kappa shape index (κ3) is 4.15. The number of hydrogen-bond acceptors (Lipinski definition) is 5. The fraction of sp³-hybridized carbons (Fsp3) is 0.889. The molecule has 2 N–H and O–H groups in total. The van der Waals surface area contributed by atoms with Crippen LogP contribution in [0.1, 0.15) is 46.0 Å². The van der Waals surface area contributed by atoms with Crippen molar-refractivity contribution in [2.24, 2.45) is 5.92 Å². The molecular weight excluding hydrogens is 324 g/mol. The summed E-state index contributed by atoms with van der Waals surface area (Å²) in [5.74, 6) is 0.178. The summed E-state index contributed by atoms with van der Waals surface area (Å²) in [6.45, 7) is 6.05. The second-order valence-electron chi connectivity index (χ2n) is 8.00. The first kappa shape index (κ1) is 18.6. The molecule has 0 unspecified atom stereocenters. The number of nitrogens with zero attached hydrogens (tertiary/aromatic N) is 1. The average molecular weight is 354 g/mol. The van der Waals surface area contributed by atoms with Crippen molar-refractivity contribution in [2.75, 3.05) is 32.9 Å². The number of piperidine rings is 1. The van der Waals surface area contributed by atoms with Crippen molar-refractivity contribution in [1.29, 1.82) is 0 Å². The van der Waals surface area contributed by atoms with Crippen LogP contribution in [0, 0.1) is 5.92 Å². The van der Waals surface area contributed by atoms with Crippen molar-refractivity contribution in [3.8, 4) is 0 Å². The molecule has 0 radical (unpaired) electrons. The van der Waals surface area contributed by atoms with E-state index in [1.807, 2.05) is 4.90 Å². The van der Waals surface area contributed by atoms with E-state index >= 15 is 0 Å². The Balaban J connectivity index is 1.58. The van der Waals surface area contributed by atoms with Crippen LogP contribution in [0.5, 0.6) is 0 Å². The van der Waals surface area contributed by atoms with Crippen molar-refractivity contribution < 1.29 is 24.2 Å². The Labute approximate surface area is 149 Å². The van der Waals surface area contributed by atoms with Crippen LogP contribution >= 0.6 is 0 Å². The zero-order valence-electron chi connectivity index (χ0n) is 15.3. The Hall–Kier alpha value is -1.18. The van der Waals surface area contributed by atoms with Crippen LogP contribution in [0.3, 0.4) is 0 Å². The van der Waals surface area contributed by atoms with E-state index in [-0.39, 0.29) is 36.0 Å². The third-order valence-corrected chi connectivity index (χ3v) is 5.93. The van der Waals surface area contributed by atoms with Gasteiger partial charge in [-0.3, -0.25) is 9.59 Å². The summed E-state index contributed by atoms with van der Waals surface area (Å²) in [6, 6.07) is -0.323. The summed E-state index contributed by atoms with van der Waals surface area (Å²) in [4.78, 5) is 26.1. The molecule has 25 heavy (non-hydrogen) atoms. The average Bonchev–Trinajstić information content (AvgIpc) is 2.59. The molecule has 0 aromatic carbocycles. The SMILES string of the molecule is CC(=O)N[C@H]1CC2(CCN(C(=O)C3CCOCC3)CC2)OC[C@]1(C)O. The molecule has 142 valence electrons. The smallest absolute Gasteiger partial charge is 0.225 e. The molecular formula is C18H30N2O5. The molecule has 0 aromatic heterocycles. The first-order chi connectivity index (χ1) is 11.8. The van der Waals surface area contributed by atoms with Gasteiger partial charge in [-0.1, -0.05) is 0 Å². The maximum atomic E-state index is 12.7. The lowest BCUT2D eigenvalue weighted by atomic mass is 9.77. The van der Waals surface area contributed by atoms with E-state index in [2.05, 4.69) is 5.32 Å². The summed E-state index contributed by atoms with van der Waals surface area (Å²) in [5.41, 5.74) is -1.42. The van der Waals surface area contributed by atoms with Crippen LogP contribution in [-0.2, 0) is 19.1 Å². The van der Waals surface area contributed by atoms with Crippen LogP contribution < -0.4 is 5.32 Å². The Morgan fingerprint density at radius 3 is 2.44 bits per heavy atom. The van der Waals surface area contributed by atoms with Gasteiger partial charge in [0.05, 0.1) is 18.2 Å². The number of hydrogen-bond donors (Lipinski definition) is 2. The number of nitrogens with one attached hydrogen (secondary N) is 1. The van der Waals surface area contributed by atoms with E-state index < -0.39 is 5.60 Å². The van der Waals surface area contributed by atoms with E-state index in [0.29, 0.717) is 32.7 Å². The predicted octanol–water partition coefficient (Wildman–Crippen LogP) is 0.450. The molecule has 3 heterocycles. The zero-order chi connectivity index (χ0) is 18.1. The summed E-state index contributed by atoms with van der Waals surface area (Å²) in [5, 5.41) is 13.4. The zero-order valence-corrected chi connectivity index (χ0v) is 15.3. The van der Waals surface area contributed by atoms with Gasteiger partial charge in [0.15, 0.2) is 0 Å². The van der Waals surface area contributed by atoms with Crippen LogP contribution in [0.25, 0.3) is 0 Å². The number of amides is 2. The van der Waals surface area contributed by atoms with Crippen molar-refractivity contribution in [3.63, 3.8) is 0 Å². The molecule has 7 nitrogen and oxygen atoms in total. The van der Waals surface area contributed by atoms with Crippen LogP contribution in [0.2, 0.25) is 0 Å². The maximum Gasteiger partial charge on any atom is 0.225 e. The van der Waals surface area contributed by atoms with Gasteiger partial charge in [-0.2, -0.15) is 0 Å². The van der Waals surface area contributed by atoms with Crippen molar-refractivity contribution in [3.05, 3.63) is 0 Å². The quantitative estimate of drug-likeness (QED) is 0.752. The number of rotatable bonds is 2. The molecule has 2 atom stereocenters. The Morgan fingerprint density at radius 1 is 1.20 bits per heavy atom. The Bertz CT molecular complexity index is 508. The molecule has 7 heteroatoms. The molecule has 3 aliphatic rings. The third-order valence-electron chi connectivity index (χ3n) is 5.93. The van der Waals surface area contributed by atoms with Gasteiger partial charge in [0.2, 0.25) is 11.8 Å². The molecule has 3 saturated heterocycles. The monoisotopic (exact) mass is 354 g/mol. The highest BCUT2D eigenvalue weighted by Gasteiger charge is 2.49. The lowest BCUT2D eigenvalue weighted by molar-refractivity contribution is -0.194. The molecule has 1 spiro atoms. The molecule has 3 aliphatic heterocycles. The van der Waals surface area contributed by atoms with Gasteiger partial charge >= 0.3 is 0 Å². The minimum absolute atomic E-state index is 0.0861. The maximum absolute atomic E-state index is 12.7. The van der Waals surface area contributed by atoms with Crippen LogP contribution in [-0.4, -0.2) is 72.0 Å². The second kappa shape index (κ2) is 7.21. The molecule has 2 amide bonds. The van der Waals surface area contributed by atoms with E-state index in [4.69, 9.17) is 9.47 Å². The lowest BCUT2D eigenvalue weighted by Crippen LogP contribution is -2.64. The molecule has 3 rings (SSSR count). The van der Waals surface area contributed by atoms with Gasteiger partial charge in [0.25, 0.3) is 0 Å². The first-order valence-corrected chi connectivity index (χ1v) is 9.31. The van der Waals surface area contributed by atoms with Crippen molar-refractivity contribution in [1.82, 2.24) is 10.2 Å². The molecule has 0 aromatic rings. The van der Waals surface area contributed by atoms with Crippen LogP contribution in [0.15, 0.2) is 0 Å². The normalized spacial score (nSPS) is 33.2. The second-order valence-corrected chi connectivity index (χ2v) is 8.00. The summed E-state index contributed by atoms with van der Waals surface area (Å²) in [7, 11) is 0. The molecule has 0 bridgehead atoms. The minimum Gasteiger partial charge on any atom is -0.386 e. The van der Waals surface area contributed by atoms with E-state index in [1.54, 1.807) is 6.92 Å². The van der Waals surface area contributed by atoms with Gasteiger partial charge in [0, 0.05) is 39.1 Å². The van der Waals surface area contributed by atoms with E-state index in [9.17, 15) is 14.7 Å². The minimum atomic E-state index is -1.06. The standard InChI is InChI=1S/C18H30N2O5/c1-13(21)19-15-11-18(25-12-17(15,2)23)5-7-20(8-6-18)16(22)14-3-9-24-10-4-14/h14-15,23H,3-12H2,1-2H3,(H,19,21)/t15-,17-/m0/s1. The Kier molecular flexibility index (Phi) is 5.37.